The van der Waals surface area contributed by atoms with Crippen LogP contribution < -0.4 is 5.32 Å². The molecule has 0 atom stereocenters. The van der Waals surface area contributed by atoms with E-state index in [9.17, 15) is 4.79 Å². The number of hydrogen-bond acceptors (Lipinski definition) is 2. The van der Waals surface area contributed by atoms with Crippen LogP contribution >= 0.6 is 0 Å². The minimum atomic E-state index is -0.0409. The first kappa shape index (κ1) is 17.9. The van der Waals surface area contributed by atoms with Crippen LogP contribution in [-0.2, 0) is 13.1 Å². The summed E-state index contributed by atoms with van der Waals surface area (Å²) < 4.78 is 2.00. The second-order valence-electron chi connectivity index (χ2n) is 6.72. The Morgan fingerprint density at radius 2 is 1.73 bits per heavy atom. The van der Waals surface area contributed by atoms with Gasteiger partial charge in [0.1, 0.15) is 0 Å². The molecule has 4 heteroatoms. The van der Waals surface area contributed by atoms with E-state index in [4.69, 9.17) is 0 Å². The van der Waals surface area contributed by atoms with Crippen LogP contribution in [0.25, 0.3) is 0 Å². The molecule has 2 aromatic carbocycles. The van der Waals surface area contributed by atoms with Crippen molar-refractivity contribution in [3.63, 3.8) is 0 Å². The number of nitrogens with one attached hydrogen (secondary N) is 1. The van der Waals surface area contributed by atoms with Gasteiger partial charge in [0.25, 0.3) is 5.91 Å². The number of carbonyl (C=O) groups is 1. The van der Waals surface area contributed by atoms with Crippen molar-refractivity contribution in [3.05, 3.63) is 87.7 Å². The molecule has 1 aromatic heterocycles. The van der Waals surface area contributed by atoms with Gasteiger partial charge in [-0.1, -0.05) is 42.5 Å². The summed E-state index contributed by atoms with van der Waals surface area (Å²) in [6.45, 7) is 9.28. The summed E-state index contributed by atoms with van der Waals surface area (Å²) in [5.41, 5.74) is 7.23. The van der Waals surface area contributed by atoms with Gasteiger partial charge in [-0.25, -0.2) is 0 Å². The molecule has 0 fully saturated rings. The van der Waals surface area contributed by atoms with Gasteiger partial charge >= 0.3 is 0 Å². The summed E-state index contributed by atoms with van der Waals surface area (Å²) >= 11 is 0. The first-order valence-electron chi connectivity index (χ1n) is 8.88. The summed E-state index contributed by atoms with van der Waals surface area (Å²) in [6.07, 6.45) is 0. The van der Waals surface area contributed by atoms with Gasteiger partial charge in [0, 0.05) is 23.4 Å². The second kappa shape index (κ2) is 7.56. The summed E-state index contributed by atoms with van der Waals surface area (Å²) in [6, 6.07) is 16.1. The predicted octanol–water partition coefficient (Wildman–Crippen LogP) is 4.10. The summed E-state index contributed by atoms with van der Waals surface area (Å²) in [5, 5.41) is 7.70. The SMILES string of the molecule is Cc1cccc(C(=O)NCc2c(C)nn(Cc3ccccc3)c2C)c1C. The zero-order valence-corrected chi connectivity index (χ0v) is 15.8. The maximum absolute atomic E-state index is 12.6. The molecular weight excluding hydrogens is 322 g/mol. The van der Waals surface area contributed by atoms with E-state index in [1.54, 1.807) is 0 Å². The van der Waals surface area contributed by atoms with Crippen molar-refractivity contribution in [2.45, 2.75) is 40.8 Å². The van der Waals surface area contributed by atoms with Gasteiger partial charge in [0.05, 0.1) is 12.2 Å². The molecule has 1 N–H and O–H groups in total. The second-order valence-corrected chi connectivity index (χ2v) is 6.72. The molecule has 0 aliphatic heterocycles. The molecule has 0 bridgehead atoms. The molecule has 0 aliphatic carbocycles. The van der Waals surface area contributed by atoms with Crippen LogP contribution in [0.3, 0.4) is 0 Å². The number of hydrogen-bond donors (Lipinski definition) is 1. The molecule has 26 heavy (non-hydrogen) atoms. The van der Waals surface area contributed by atoms with Gasteiger partial charge < -0.3 is 5.32 Å². The van der Waals surface area contributed by atoms with Crippen LogP contribution in [0.5, 0.6) is 0 Å². The highest BCUT2D eigenvalue weighted by Crippen LogP contribution is 2.16. The van der Waals surface area contributed by atoms with Crippen molar-refractivity contribution in [1.82, 2.24) is 15.1 Å². The third-order valence-corrected chi connectivity index (χ3v) is 4.98. The Hall–Kier alpha value is -2.88. The molecule has 0 unspecified atom stereocenters. The van der Waals surface area contributed by atoms with E-state index in [1.807, 2.05) is 61.9 Å². The van der Waals surface area contributed by atoms with Gasteiger partial charge in [-0.15, -0.1) is 0 Å². The predicted molar refractivity (Wildman–Crippen MR) is 104 cm³/mol. The number of benzene rings is 2. The van der Waals surface area contributed by atoms with Crippen molar-refractivity contribution in [2.75, 3.05) is 0 Å². The number of aromatic nitrogens is 2. The Kier molecular flexibility index (Phi) is 5.21. The lowest BCUT2D eigenvalue weighted by atomic mass is 10.0. The highest BCUT2D eigenvalue weighted by atomic mass is 16.1. The largest absolute Gasteiger partial charge is 0.348 e. The van der Waals surface area contributed by atoms with Crippen molar-refractivity contribution >= 4 is 5.91 Å². The molecule has 3 rings (SSSR count). The summed E-state index contributed by atoms with van der Waals surface area (Å²) in [5.74, 6) is -0.0409. The van der Waals surface area contributed by atoms with Crippen LogP contribution in [0.2, 0.25) is 0 Å². The third kappa shape index (κ3) is 3.69. The molecule has 0 spiro atoms. The Morgan fingerprint density at radius 1 is 1.00 bits per heavy atom. The number of aryl methyl sites for hydroxylation is 2. The molecule has 1 amide bonds. The lowest BCUT2D eigenvalue weighted by Crippen LogP contribution is -2.24. The zero-order valence-electron chi connectivity index (χ0n) is 15.8. The standard InChI is InChI=1S/C22H25N3O/c1-15-9-8-12-20(16(15)2)22(26)23-13-21-17(3)24-25(18(21)4)14-19-10-6-5-7-11-19/h5-12H,13-14H2,1-4H3,(H,23,26). The smallest absolute Gasteiger partial charge is 0.251 e. The zero-order chi connectivity index (χ0) is 18.7. The fraction of sp³-hybridized carbons (Fsp3) is 0.273. The topological polar surface area (TPSA) is 46.9 Å². The molecule has 134 valence electrons. The minimum Gasteiger partial charge on any atom is -0.348 e. The van der Waals surface area contributed by atoms with E-state index in [-0.39, 0.29) is 5.91 Å². The molecule has 0 aliphatic rings. The summed E-state index contributed by atoms with van der Waals surface area (Å²) in [7, 11) is 0. The molecule has 4 nitrogen and oxygen atoms in total. The van der Waals surface area contributed by atoms with E-state index in [0.29, 0.717) is 6.54 Å². The first-order chi connectivity index (χ1) is 12.5. The van der Waals surface area contributed by atoms with E-state index < -0.39 is 0 Å². The Balaban J connectivity index is 1.74. The van der Waals surface area contributed by atoms with E-state index in [2.05, 4.69) is 29.5 Å². The normalized spacial score (nSPS) is 10.8. The highest BCUT2D eigenvalue weighted by Gasteiger charge is 2.15. The van der Waals surface area contributed by atoms with E-state index >= 15 is 0 Å². The van der Waals surface area contributed by atoms with Crippen molar-refractivity contribution in [1.29, 1.82) is 0 Å². The summed E-state index contributed by atoms with van der Waals surface area (Å²) in [4.78, 5) is 12.6. The monoisotopic (exact) mass is 347 g/mol. The van der Waals surface area contributed by atoms with Gasteiger partial charge in [-0.05, 0) is 50.5 Å². The van der Waals surface area contributed by atoms with E-state index in [0.717, 1.165) is 40.2 Å². The molecule has 1 heterocycles. The minimum absolute atomic E-state index is 0.0409. The van der Waals surface area contributed by atoms with Crippen LogP contribution in [0.4, 0.5) is 0 Å². The first-order valence-corrected chi connectivity index (χ1v) is 8.88. The van der Waals surface area contributed by atoms with Gasteiger partial charge in [-0.3, -0.25) is 9.48 Å². The Bertz CT molecular complexity index is 926. The van der Waals surface area contributed by atoms with Crippen LogP contribution in [0.15, 0.2) is 48.5 Å². The third-order valence-electron chi connectivity index (χ3n) is 4.98. The van der Waals surface area contributed by atoms with Crippen LogP contribution in [0, 0.1) is 27.7 Å². The maximum Gasteiger partial charge on any atom is 0.251 e. The lowest BCUT2D eigenvalue weighted by molar-refractivity contribution is 0.0950. The number of nitrogens with zero attached hydrogens (tertiary/aromatic N) is 2. The number of rotatable bonds is 5. The van der Waals surface area contributed by atoms with Gasteiger partial charge in [0.2, 0.25) is 0 Å². The van der Waals surface area contributed by atoms with Crippen molar-refractivity contribution in [3.8, 4) is 0 Å². The lowest BCUT2D eigenvalue weighted by Gasteiger charge is -2.10. The molecule has 0 saturated carbocycles. The fourth-order valence-electron chi connectivity index (χ4n) is 3.16. The van der Waals surface area contributed by atoms with Crippen molar-refractivity contribution < 1.29 is 4.79 Å². The quantitative estimate of drug-likeness (QED) is 0.755. The Labute approximate surface area is 154 Å². The van der Waals surface area contributed by atoms with Crippen molar-refractivity contribution in [2.24, 2.45) is 0 Å². The average molecular weight is 347 g/mol. The highest BCUT2D eigenvalue weighted by molar-refractivity contribution is 5.95. The van der Waals surface area contributed by atoms with E-state index in [1.165, 1.54) is 5.56 Å². The molecule has 3 aromatic rings. The van der Waals surface area contributed by atoms with Crippen LogP contribution in [0.1, 0.15) is 44.0 Å². The molecular formula is C22H25N3O. The number of carbonyl (C=O) groups excluding carboxylic acids is 1. The molecule has 0 radical (unpaired) electrons. The number of amides is 1. The van der Waals surface area contributed by atoms with Gasteiger partial charge in [0.15, 0.2) is 0 Å². The fourth-order valence-corrected chi connectivity index (χ4v) is 3.16. The molecule has 0 saturated heterocycles. The average Bonchev–Trinajstić information content (AvgIpc) is 2.89. The maximum atomic E-state index is 12.6. The van der Waals surface area contributed by atoms with Crippen LogP contribution in [-0.4, -0.2) is 15.7 Å². The Morgan fingerprint density at radius 3 is 2.46 bits per heavy atom. The van der Waals surface area contributed by atoms with Gasteiger partial charge in [-0.2, -0.15) is 5.10 Å².